The summed E-state index contributed by atoms with van der Waals surface area (Å²) in [6.07, 6.45) is 6.63. The van der Waals surface area contributed by atoms with Gasteiger partial charge in [0.15, 0.2) is 0 Å². The van der Waals surface area contributed by atoms with Gasteiger partial charge in [0.05, 0.1) is 18.3 Å². The van der Waals surface area contributed by atoms with Crippen LogP contribution in [0.4, 0.5) is 0 Å². The highest BCUT2D eigenvalue weighted by Gasteiger charge is 2.21. The highest BCUT2D eigenvalue weighted by Crippen LogP contribution is 2.25. The first-order valence-corrected chi connectivity index (χ1v) is 7.25. The number of H-pyrrole nitrogens is 1. The van der Waals surface area contributed by atoms with E-state index in [4.69, 9.17) is 4.74 Å². The average Bonchev–Trinajstić information content (AvgIpc) is 2.46. The summed E-state index contributed by atoms with van der Waals surface area (Å²) in [6, 6.07) is 2.85. The SMILES string of the molecule is C[C@H]1CCCC[C@H]1OCCNC(=O)c1ccc(=O)[nH]c1. The molecule has 1 amide bonds. The third kappa shape index (κ3) is 4.20. The Bertz CT molecular complexity index is 478. The molecule has 1 saturated carbocycles. The van der Waals surface area contributed by atoms with E-state index in [-0.39, 0.29) is 11.5 Å². The predicted molar refractivity (Wildman–Crippen MR) is 76.8 cm³/mol. The Hall–Kier alpha value is -1.62. The van der Waals surface area contributed by atoms with Gasteiger partial charge in [0.2, 0.25) is 5.56 Å². The fraction of sp³-hybridized carbons (Fsp3) is 0.600. The van der Waals surface area contributed by atoms with Gasteiger partial charge in [0.25, 0.3) is 5.91 Å². The number of nitrogens with one attached hydrogen (secondary N) is 2. The molecule has 0 radical (unpaired) electrons. The number of carbonyl (C=O) groups excluding carboxylic acids is 1. The van der Waals surface area contributed by atoms with Crippen LogP contribution in [0.1, 0.15) is 43.0 Å². The average molecular weight is 278 g/mol. The lowest BCUT2D eigenvalue weighted by atomic mass is 9.88. The number of aromatic amines is 1. The maximum absolute atomic E-state index is 11.8. The fourth-order valence-electron chi connectivity index (χ4n) is 2.56. The maximum atomic E-state index is 11.8. The Morgan fingerprint density at radius 1 is 1.40 bits per heavy atom. The normalized spacial score (nSPS) is 22.4. The molecule has 0 aromatic carbocycles. The van der Waals surface area contributed by atoms with Gasteiger partial charge in [-0.2, -0.15) is 0 Å². The van der Waals surface area contributed by atoms with E-state index < -0.39 is 0 Å². The molecule has 0 bridgehead atoms. The van der Waals surface area contributed by atoms with Crippen LogP contribution in [0.15, 0.2) is 23.1 Å². The van der Waals surface area contributed by atoms with Crippen LogP contribution in [0.5, 0.6) is 0 Å². The number of ether oxygens (including phenoxy) is 1. The molecular formula is C15H22N2O3. The van der Waals surface area contributed by atoms with Crippen LogP contribution in [0.3, 0.4) is 0 Å². The molecule has 0 saturated heterocycles. The summed E-state index contributed by atoms with van der Waals surface area (Å²) < 4.78 is 5.83. The van der Waals surface area contributed by atoms with Gasteiger partial charge in [-0.25, -0.2) is 0 Å². The van der Waals surface area contributed by atoms with Crippen molar-refractivity contribution >= 4 is 5.91 Å². The second-order valence-corrected chi connectivity index (χ2v) is 5.37. The highest BCUT2D eigenvalue weighted by molar-refractivity contribution is 5.93. The van der Waals surface area contributed by atoms with Gasteiger partial charge < -0.3 is 15.0 Å². The van der Waals surface area contributed by atoms with E-state index in [9.17, 15) is 9.59 Å². The van der Waals surface area contributed by atoms with Gasteiger partial charge in [0, 0.05) is 18.8 Å². The van der Waals surface area contributed by atoms with Crippen LogP contribution in [0, 0.1) is 5.92 Å². The molecule has 1 aliphatic rings. The molecule has 5 nitrogen and oxygen atoms in total. The van der Waals surface area contributed by atoms with Gasteiger partial charge in [-0.1, -0.05) is 19.8 Å². The molecule has 1 aromatic heterocycles. The largest absolute Gasteiger partial charge is 0.376 e. The molecule has 0 unspecified atom stereocenters. The molecule has 2 atom stereocenters. The summed E-state index contributed by atoms with van der Waals surface area (Å²) >= 11 is 0. The Morgan fingerprint density at radius 2 is 2.20 bits per heavy atom. The summed E-state index contributed by atoms with van der Waals surface area (Å²) in [5, 5.41) is 2.79. The van der Waals surface area contributed by atoms with Gasteiger partial charge in [-0.05, 0) is 24.8 Å². The Labute approximate surface area is 118 Å². The molecule has 1 aromatic rings. The minimum Gasteiger partial charge on any atom is -0.376 e. The minimum absolute atomic E-state index is 0.193. The molecule has 1 aliphatic carbocycles. The maximum Gasteiger partial charge on any atom is 0.252 e. The van der Waals surface area contributed by atoms with E-state index in [1.807, 2.05) is 0 Å². The molecule has 0 aliphatic heterocycles. The lowest BCUT2D eigenvalue weighted by molar-refractivity contribution is -0.00294. The van der Waals surface area contributed by atoms with Crippen LogP contribution in [-0.4, -0.2) is 30.1 Å². The van der Waals surface area contributed by atoms with Crippen molar-refractivity contribution < 1.29 is 9.53 Å². The molecule has 0 spiro atoms. The van der Waals surface area contributed by atoms with E-state index in [1.165, 1.54) is 37.6 Å². The Morgan fingerprint density at radius 3 is 2.90 bits per heavy atom. The summed E-state index contributed by atoms with van der Waals surface area (Å²) in [5.74, 6) is 0.417. The van der Waals surface area contributed by atoms with Crippen molar-refractivity contribution in [1.29, 1.82) is 0 Å². The first-order valence-electron chi connectivity index (χ1n) is 7.25. The van der Waals surface area contributed by atoms with Gasteiger partial charge in [-0.3, -0.25) is 9.59 Å². The van der Waals surface area contributed by atoms with Gasteiger partial charge in [0.1, 0.15) is 0 Å². The smallest absolute Gasteiger partial charge is 0.252 e. The van der Waals surface area contributed by atoms with Crippen molar-refractivity contribution in [3.05, 3.63) is 34.2 Å². The molecule has 2 N–H and O–H groups in total. The van der Waals surface area contributed by atoms with Crippen molar-refractivity contribution in [2.75, 3.05) is 13.2 Å². The summed E-state index contributed by atoms with van der Waals surface area (Å²) in [5.41, 5.74) is 0.242. The molecule has 5 heteroatoms. The summed E-state index contributed by atoms with van der Waals surface area (Å²) in [7, 11) is 0. The van der Waals surface area contributed by atoms with Crippen molar-refractivity contribution in [3.63, 3.8) is 0 Å². The van der Waals surface area contributed by atoms with E-state index in [1.54, 1.807) is 0 Å². The predicted octanol–water partition coefficient (Wildman–Crippen LogP) is 1.70. The standard InChI is InChI=1S/C15H22N2O3/c1-11-4-2-3-5-13(11)20-9-8-16-15(19)12-6-7-14(18)17-10-12/h6-7,10-11,13H,2-5,8-9H2,1H3,(H,16,19)(H,17,18)/t11-,13+/m0/s1. The molecule has 20 heavy (non-hydrogen) atoms. The zero-order valence-electron chi connectivity index (χ0n) is 11.9. The van der Waals surface area contributed by atoms with E-state index in [0.29, 0.717) is 30.7 Å². The van der Waals surface area contributed by atoms with Crippen molar-refractivity contribution in [2.45, 2.75) is 38.7 Å². The van der Waals surface area contributed by atoms with Crippen LogP contribution in [0.25, 0.3) is 0 Å². The number of amides is 1. The Balaban J connectivity index is 1.69. The summed E-state index contributed by atoms with van der Waals surface area (Å²) in [6.45, 7) is 3.24. The molecule has 1 fully saturated rings. The van der Waals surface area contributed by atoms with Gasteiger partial charge >= 0.3 is 0 Å². The number of hydrogen-bond donors (Lipinski definition) is 2. The second-order valence-electron chi connectivity index (χ2n) is 5.37. The molecular weight excluding hydrogens is 256 g/mol. The molecule has 110 valence electrons. The van der Waals surface area contributed by atoms with Crippen LogP contribution < -0.4 is 10.9 Å². The van der Waals surface area contributed by atoms with E-state index in [0.717, 1.165) is 6.42 Å². The number of carbonyl (C=O) groups is 1. The second kappa shape index (κ2) is 7.24. The number of pyridine rings is 1. The lowest BCUT2D eigenvalue weighted by Crippen LogP contribution is -2.32. The number of hydrogen-bond acceptors (Lipinski definition) is 3. The van der Waals surface area contributed by atoms with E-state index in [2.05, 4.69) is 17.2 Å². The monoisotopic (exact) mass is 278 g/mol. The lowest BCUT2D eigenvalue weighted by Gasteiger charge is -2.28. The number of rotatable bonds is 5. The van der Waals surface area contributed by atoms with Crippen LogP contribution >= 0.6 is 0 Å². The van der Waals surface area contributed by atoms with Crippen LogP contribution in [0.2, 0.25) is 0 Å². The Kier molecular flexibility index (Phi) is 5.35. The zero-order chi connectivity index (χ0) is 14.4. The minimum atomic E-state index is -0.212. The first kappa shape index (κ1) is 14.8. The highest BCUT2D eigenvalue weighted by atomic mass is 16.5. The summed E-state index contributed by atoms with van der Waals surface area (Å²) in [4.78, 5) is 25.2. The van der Waals surface area contributed by atoms with Crippen molar-refractivity contribution in [3.8, 4) is 0 Å². The molecule has 1 heterocycles. The van der Waals surface area contributed by atoms with E-state index >= 15 is 0 Å². The number of aromatic nitrogens is 1. The molecule has 2 rings (SSSR count). The third-order valence-corrected chi connectivity index (χ3v) is 3.80. The van der Waals surface area contributed by atoms with Crippen molar-refractivity contribution in [2.24, 2.45) is 5.92 Å². The fourth-order valence-corrected chi connectivity index (χ4v) is 2.56. The van der Waals surface area contributed by atoms with Gasteiger partial charge in [-0.15, -0.1) is 0 Å². The zero-order valence-corrected chi connectivity index (χ0v) is 11.9. The third-order valence-electron chi connectivity index (χ3n) is 3.80. The quantitative estimate of drug-likeness (QED) is 0.805. The topological polar surface area (TPSA) is 71.2 Å². The van der Waals surface area contributed by atoms with Crippen molar-refractivity contribution in [1.82, 2.24) is 10.3 Å². The van der Waals surface area contributed by atoms with Crippen LogP contribution in [-0.2, 0) is 4.74 Å². The first-order chi connectivity index (χ1) is 9.66.